The summed E-state index contributed by atoms with van der Waals surface area (Å²) in [5, 5.41) is 12.4. The molecule has 1 aliphatic rings. The van der Waals surface area contributed by atoms with E-state index in [9.17, 15) is 9.90 Å². The van der Waals surface area contributed by atoms with Gasteiger partial charge in [-0.2, -0.15) is 0 Å². The molecule has 2 N–H and O–H groups in total. The molecule has 0 aliphatic heterocycles. The van der Waals surface area contributed by atoms with Crippen molar-refractivity contribution in [3.63, 3.8) is 0 Å². The Balaban J connectivity index is 2.20. The van der Waals surface area contributed by atoms with Gasteiger partial charge in [-0.15, -0.1) is 0 Å². The van der Waals surface area contributed by atoms with Crippen LogP contribution in [0.25, 0.3) is 0 Å². The molecular formula is C11H21NO2. The summed E-state index contributed by atoms with van der Waals surface area (Å²) in [6, 6.07) is 0. The number of hydrogen-bond acceptors (Lipinski definition) is 2. The zero-order valence-corrected chi connectivity index (χ0v) is 9.12. The first kappa shape index (κ1) is 11.5. The summed E-state index contributed by atoms with van der Waals surface area (Å²) in [6.07, 6.45) is 3.84. The first-order valence-corrected chi connectivity index (χ1v) is 5.55. The minimum absolute atomic E-state index is 0.0588. The third-order valence-corrected chi connectivity index (χ3v) is 2.84. The average Bonchev–Trinajstić information content (AvgIpc) is 2.14. The van der Waals surface area contributed by atoms with Gasteiger partial charge in [0, 0.05) is 12.5 Å². The third kappa shape index (κ3) is 3.66. The summed E-state index contributed by atoms with van der Waals surface area (Å²) in [4.78, 5) is 11.3. The molecule has 0 radical (unpaired) electrons. The van der Waals surface area contributed by atoms with E-state index < -0.39 is 0 Å². The fourth-order valence-electron chi connectivity index (χ4n) is 1.90. The summed E-state index contributed by atoms with van der Waals surface area (Å²) in [5.41, 5.74) is 0. The van der Waals surface area contributed by atoms with Crippen molar-refractivity contribution in [1.29, 1.82) is 0 Å². The summed E-state index contributed by atoms with van der Waals surface area (Å²) < 4.78 is 0. The smallest absolute Gasteiger partial charge is 0.222 e. The highest BCUT2D eigenvalue weighted by Gasteiger charge is 2.20. The highest BCUT2D eigenvalue weighted by molar-refractivity contribution is 5.77. The molecule has 1 rings (SSSR count). The van der Waals surface area contributed by atoms with Crippen molar-refractivity contribution in [1.82, 2.24) is 5.32 Å². The van der Waals surface area contributed by atoms with Crippen LogP contribution in [0.15, 0.2) is 0 Å². The Morgan fingerprint density at radius 3 is 2.79 bits per heavy atom. The number of hydrogen-bond donors (Lipinski definition) is 2. The van der Waals surface area contributed by atoms with E-state index in [1.54, 1.807) is 0 Å². The maximum Gasteiger partial charge on any atom is 0.222 e. The highest BCUT2D eigenvalue weighted by atomic mass is 16.3. The molecule has 1 saturated carbocycles. The molecule has 0 aromatic carbocycles. The second-order valence-corrected chi connectivity index (χ2v) is 4.59. The Hall–Kier alpha value is -0.570. The molecule has 0 aromatic heterocycles. The van der Waals surface area contributed by atoms with Crippen LogP contribution in [0.2, 0.25) is 0 Å². The van der Waals surface area contributed by atoms with Crippen LogP contribution in [0.4, 0.5) is 0 Å². The molecule has 1 aliphatic carbocycles. The molecule has 0 saturated heterocycles. The molecule has 2 unspecified atom stereocenters. The second-order valence-electron chi connectivity index (χ2n) is 4.59. The van der Waals surface area contributed by atoms with E-state index in [2.05, 4.69) is 5.32 Å². The van der Waals surface area contributed by atoms with Crippen LogP contribution in [0, 0.1) is 11.8 Å². The van der Waals surface area contributed by atoms with Crippen LogP contribution >= 0.6 is 0 Å². The molecule has 3 heteroatoms. The van der Waals surface area contributed by atoms with Gasteiger partial charge >= 0.3 is 0 Å². The predicted octanol–water partition coefficient (Wildman–Crippen LogP) is 1.31. The number of carbonyl (C=O) groups excluding carboxylic acids is 1. The molecule has 3 nitrogen and oxygen atoms in total. The van der Waals surface area contributed by atoms with Gasteiger partial charge < -0.3 is 10.4 Å². The minimum atomic E-state index is -0.148. The molecule has 0 heterocycles. The number of nitrogens with one attached hydrogen (secondary N) is 1. The number of aliphatic hydroxyl groups excluding tert-OH is 1. The van der Waals surface area contributed by atoms with Crippen LogP contribution < -0.4 is 5.32 Å². The lowest BCUT2D eigenvalue weighted by Gasteiger charge is -2.26. The quantitative estimate of drug-likeness (QED) is 0.720. The number of aliphatic hydroxyl groups is 1. The fraction of sp³-hybridized carbons (Fsp3) is 0.909. The molecule has 0 spiro atoms. The van der Waals surface area contributed by atoms with Gasteiger partial charge in [-0.3, -0.25) is 4.79 Å². The Labute approximate surface area is 85.9 Å². The van der Waals surface area contributed by atoms with Crippen LogP contribution in [0.3, 0.4) is 0 Å². The van der Waals surface area contributed by atoms with Crippen molar-refractivity contribution in [3.05, 3.63) is 0 Å². The Kier molecular flexibility index (Phi) is 4.39. The standard InChI is InChI=1S/C11H21NO2/c1-8(2)11(14)12-7-9-4-3-5-10(13)6-9/h8-10,13H,3-7H2,1-2H3,(H,12,14). The van der Waals surface area contributed by atoms with E-state index in [0.29, 0.717) is 5.92 Å². The second kappa shape index (κ2) is 5.35. The molecule has 0 aromatic rings. The molecule has 2 atom stereocenters. The Morgan fingerprint density at radius 1 is 1.50 bits per heavy atom. The van der Waals surface area contributed by atoms with Crippen molar-refractivity contribution in [3.8, 4) is 0 Å². The van der Waals surface area contributed by atoms with E-state index in [0.717, 1.165) is 32.2 Å². The summed E-state index contributed by atoms with van der Waals surface area (Å²) >= 11 is 0. The van der Waals surface area contributed by atoms with Crippen molar-refractivity contribution < 1.29 is 9.90 Å². The monoisotopic (exact) mass is 199 g/mol. The number of amides is 1. The van der Waals surface area contributed by atoms with E-state index in [4.69, 9.17) is 0 Å². The summed E-state index contributed by atoms with van der Waals surface area (Å²) in [5.74, 6) is 0.648. The highest BCUT2D eigenvalue weighted by Crippen LogP contribution is 2.23. The van der Waals surface area contributed by atoms with Crippen molar-refractivity contribution in [2.75, 3.05) is 6.54 Å². The number of rotatable bonds is 3. The molecule has 1 fully saturated rings. The van der Waals surface area contributed by atoms with E-state index >= 15 is 0 Å². The lowest BCUT2D eigenvalue weighted by molar-refractivity contribution is -0.124. The average molecular weight is 199 g/mol. The van der Waals surface area contributed by atoms with Crippen LogP contribution in [0.1, 0.15) is 39.5 Å². The SMILES string of the molecule is CC(C)C(=O)NCC1CCCC(O)C1. The van der Waals surface area contributed by atoms with E-state index in [-0.39, 0.29) is 17.9 Å². The van der Waals surface area contributed by atoms with E-state index in [1.165, 1.54) is 0 Å². The van der Waals surface area contributed by atoms with E-state index in [1.807, 2.05) is 13.8 Å². The molecule has 0 bridgehead atoms. The lowest BCUT2D eigenvalue weighted by atomic mass is 9.87. The van der Waals surface area contributed by atoms with Gasteiger partial charge in [0.1, 0.15) is 0 Å². The van der Waals surface area contributed by atoms with Crippen molar-refractivity contribution in [2.45, 2.75) is 45.6 Å². The van der Waals surface area contributed by atoms with Gasteiger partial charge in [0.15, 0.2) is 0 Å². The Morgan fingerprint density at radius 2 is 2.21 bits per heavy atom. The van der Waals surface area contributed by atoms with Crippen LogP contribution in [0.5, 0.6) is 0 Å². The number of carbonyl (C=O) groups is 1. The van der Waals surface area contributed by atoms with Crippen LogP contribution in [-0.2, 0) is 4.79 Å². The summed E-state index contributed by atoms with van der Waals surface area (Å²) in [7, 11) is 0. The zero-order valence-electron chi connectivity index (χ0n) is 9.12. The molecule has 14 heavy (non-hydrogen) atoms. The van der Waals surface area contributed by atoms with Gasteiger partial charge in [0.25, 0.3) is 0 Å². The first-order chi connectivity index (χ1) is 6.59. The first-order valence-electron chi connectivity index (χ1n) is 5.55. The minimum Gasteiger partial charge on any atom is -0.393 e. The van der Waals surface area contributed by atoms with Crippen molar-refractivity contribution >= 4 is 5.91 Å². The third-order valence-electron chi connectivity index (χ3n) is 2.84. The van der Waals surface area contributed by atoms with Gasteiger partial charge in [0.2, 0.25) is 5.91 Å². The maximum absolute atomic E-state index is 11.3. The normalized spacial score (nSPS) is 27.7. The van der Waals surface area contributed by atoms with Gasteiger partial charge in [0.05, 0.1) is 6.10 Å². The lowest BCUT2D eigenvalue weighted by Crippen LogP contribution is -2.35. The molecular weight excluding hydrogens is 178 g/mol. The van der Waals surface area contributed by atoms with Gasteiger partial charge in [-0.25, -0.2) is 0 Å². The summed E-state index contributed by atoms with van der Waals surface area (Å²) in [6.45, 7) is 4.52. The topological polar surface area (TPSA) is 49.3 Å². The van der Waals surface area contributed by atoms with Crippen LogP contribution in [-0.4, -0.2) is 23.7 Å². The van der Waals surface area contributed by atoms with Gasteiger partial charge in [-0.1, -0.05) is 20.3 Å². The largest absolute Gasteiger partial charge is 0.393 e. The van der Waals surface area contributed by atoms with Crippen molar-refractivity contribution in [2.24, 2.45) is 11.8 Å². The zero-order chi connectivity index (χ0) is 10.6. The fourth-order valence-corrected chi connectivity index (χ4v) is 1.90. The Bertz CT molecular complexity index is 192. The molecule has 82 valence electrons. The predicted molar refractivity (Wildman–Crippen MR) is 55.8 cm³/mol. The molecule has 1 amide bonds. The van der Waals surface area contributed by atoms with Gasteiger partial charge in [-0.05, 0) is 25.2 Å². The maximum atomic E-state index is 11.3.